The number of hydrogen-bond acceptors (Lipinski definition) is 3. The van der Waals surface area contributed by atoms with E-state index in [0.29, 0.717) is 12.5 Å². The van der Waals surface area contributed by atoms with Crippen LogP contribution in [0.5, 0.6) is 0 Å². The van der Waals surface area contributed by atoms with Crippen LogP contribution in [-0.4, -0.2) is 31.7 Å². The summed E-state index contributed by atoms with van der Waals surface area (Å²) in [6.07, 6.45) is 6.69. The zero-order valence-corrected chi connectivity index (χ0v) is 12.7. The number of anilines is 2. The Bertz CT molecular complexity index is 503. The maximum Gasteiger partial charge on any atom is 0.227 e. The minimum atomic E-state index is 0.236. The van der Waals surface area contributed by atoms with Crippen molar-refractivity contribution in [1.82, 2.24) is 0 Å². The smallest absolute Gasteiger partial charge is 0.227 e. The fourth-order valence-corrected chi connectivity index (χ4v) is 3.44. The van der Waals surface area contributed by atoms with Crippen molar-refractivity contribution in [2.24, 2.45) is 0 Å². The van der Waals surface area contributed by atoms with Gasteiger partial charge in [-0.25, -0.2) is 0 Å². The molecule has 2 atom stereocenters. The van der Waals surface area contributed by atoms with Gasteiger partial charge in [-0.15, -0.1) is 0 Å². The Morgan fingerprint density at radius 2 is 2.10 bits per heavy atom. The average Bonchev–Trinajstić information content (AvgIpc) is 2.94. The van der Waals surface area contributed by atoms with Gasteiger partial charge in [0.25, 0.3) is 0 Å². The van der Waals surface area contributed by atoms with Crippen LogP contribution >= 0.6 is 0 Å². The summed E-state index contributed by atoms with van der Waals surface area (Å²) in [6.45, 7) is 0.840. The van der Waals surface area contributed by atoms with E-state index < -0.39 is 0 Å². The predicted molar refractivity (Wildman–Crippen MR) is 84.7 cm³/mol. The standard InChI is InChI=1S/C17H24N2O2/c1-21-16-9-3-2-8-15(16)18-13-6-4-7-14(12-13)19-11-5-10-17(19)20/h4,6-7,12,15-16,18H,2-3,5,8-11H2,1H3. The van der Waals surface area contributed by atoms with Gasteiger partial charge < -0.3 is 15.0 Å². The van der Waals surface area contributed by atoms with Gasteiger partial charge >= 0.3 is 0 Å². The van der Waals surface area contributed by atoms with Crippen molar-refractivity contribution in [2.45, 2.75) is 50.7 Å². The Morgan fingerprint density at radius 1 is 1.24 bits per heavy atom. The highest BCUT2D eigenvalue weighted by Gasteiger charge is 2.25. The van der Waals surface area contributed by atoms with Crippen molar-refractivity contribution in [3.8, 4) is 0 Å². The third kappa shape index (κ3) is 3.21. The number of methoxy groups -OCH3 is 1. The lowest BCUT2D eigenvalue weighted by Gasteiger charge is -2.32. The quantitative estimate of drug-likeness (QED) is 0.925. The number of ether oxygens (including phenoxy) is 1. The van der Waals surface area contributed by atoms with Crippen LogP contribution in [0, 0.1) is 0 Å². The van der Waals surface area contributed by atoms with E-state index in [1.54, 1.807) is 7.11 Å². The van der Waals surface area contributed by atoms with Crippen LogP contribution in [0.4, 0.5) is 11.4 Å². The van der Waals surface area contributed by atoms with E-state index in [-0.39, 0.29) is 12.0 Å². The maximum atomic E-state index is 11.9. The van der Waals surface area contributed by atoms with E-state index in [1.807, 2.05) is 17.0 Å². The molecule has 1 aliphatic heterocycles. The molecule has 0 radical (unpaired) electrons. The van der Waals surface area contributed by atoms with Gasteiger partial charge in [0.15, 0.2) is 0 Å². The first kappa shape index (κ1) is 14.4. The Hall–Kier alpha value is -1.55. The van der Waals surface area contributed by atoms with Gasteiger partial charge in [-0.1, -0.05) is 18.9 Å². The maximum absolute atomic E-state index is 11.9. The topological polar surface area (TPSA) is 41.6 Å². The summed E-state index contributed by atoms with van der Waals surface area (Å²) in [7, 11) is 1.80. The van der Waals surface area contributed by atoms with Crippen LogP contribution in [0.2, 0.25) is 0 Å². The lowest BCUT2D eigenvalue weighted by Crippen LogP contribution is -2.37. The van der Waals surface area contributed by atoms with Gasteiger partial charge in [0.1, 0.15) is 0 Å². The molecule has 4 heteroatoms. The molecule has 1 aliphatic carbocycles. The molecule has 2 fully saturated rings. The molecule has 0 spiro atoms. The van der Waals surface area contributed by atoms with Crippen LogP contribution in [0.15, 0.2) is 24.3 Å². The van der Waals surface area contributed by atoms with Crippen LogP contribution < -0.4 is 10.2 Å². The van der Waals surface area contributed by atoms with Crippen molar-refractivity contribution >= 4 is 17.3 Å². The first-order valence-corrected chi connectivity index (χ1v) is 7.97. The van der Waals surface area contributed by atoms with Crippen LogP contribution in [0.1, 0.15) is 38.5 Å². The summed E-state index contributed by atoms with van der Waals surface area (Å²) < 4.78 is 5.60. The van der Waals surface area contributed by atoms with Crippen molar-refractivity contribution in [3.05, 3.63) is 24.3 Å². The molecule has 0 bridgehead atoms. The normalized spacial score (nSPS) is 26.1. The minimum absolute atomic E-state index is 0.236. The van der Waals surface area contributed by atoms with E-state index in [4.69, 9.17) is 4.74 Å². The van der Waals surface area contributed by atoms with Crippen LogP contribution in [0.25, 0.3) is 0 Å². The van der Waals surface area contributed by atoms with Crippen molar-refractivity contribution in [3.63, 3.8) is 0 Å². The summed E-state index contributed by atoms with van der Waals surface area (Å²) in [5, 5.41) is 3.60. The second-order valence-electron chi connectivity index (χ2n) is 6.01. The van der Waals surface area contributed by atoms with Gasteiger partial charge in [-0.3, -0.25) is 4.79 Å². The molecule has 1 aromatic carbocycles. The summed E-state index contributed by atoms with van der Waals surface area (Å²) >= 11 is 0. The van der Waals surface area contributed by atoms with E-state index >= 15 is 0 Å². The van der Waals surface area contributed by atoms with E-state index in [1.165, 1.54) is 12.8 Å². The third-order valence-corrected chi connectivity index (χ3v) is 4.59. The van der Waals surface area contributed by atoms with Gasteiger partial charge in [-0.05, 0) is 37.5 Å². The first-order valence-electron chi connectivity index (χ1n) is 7.97. The Labute approximate surface area is 126 Å². The molecule has 1 N–H and O–H groups in total. The molecule has 1 saturated carbocycles. The largest absolute Gasteiger partial charge is 0.380 e. The molecule has 1 amide bonds. The average molecular weight is 288 g/mol. The summed E-state index contributed by atoms with van der Waals surface area (Å²) in [5.74, 6) is 0.236. The zero-order chi connectivity index (χ0) is 14.7. The number of rotatable bonds is 4. The highest BCUT2D eigenvalue weighted by molar-refractivity contribution is 5.95. The molecule has 3 rings (SSSR count). The number of benzene rings is 1. The molecule has 1 saturated heterocycles. The number of carbonyl (C=O) groups is 1. The summed E-state index contributed by atoms with van der Waals surface area (Å²) in [4.78, 5) is 13.7. The monoisotopic (exact) mass is 288 g/mol. The Balaban J connectivity index is 1.72. The van der Waals surface area contributed by atoms with Gasteiger partial charge in [-0.2, -0.15) is 0 Å². The van der Waals surface area contributed by atoms with Crippen LogP contribution in [0.3, 0.4) is 0 Å². The fourth-order valence-electron chi connectivity index (χ4n) is 3.44. The molecule has 0 aromatic heterocycles. The van der Waals surface area contributed by atoms with E-state index in [2.05, 4.69) is 17.4 Å². The minimum Gasteiger partial charge on any atom is -0.380 e. The van der Waals surface area contributed by atoms with Gasteiger partial charge in [0.05, 0.1) is 12.1 Å². The molecule has 21 heavy (non-hydrogen) atoms. The number of carbonyl (C=O) groups excluding carboxylic acids is 1. The number of nitrogens with one attached hydrogen (secondary N) is 1. The lowest BCUT2D eigenvalue weighted by molar-refractivity contribution is -0.117. The summed E-state index contributed by atoms with van der Waals surface area (Å²) in [6, 6.07) is 8.57. The molecule has 2 aliphatic rings. The third-order valence-electron chi connectivity index (χ3n) is 4.59. The van der Waals surface area contributed by atoms with E-state index in [0.717, 1.165) is 37.2 Å². The molecular weight excluding hydrogens is 264 g/mol. The fraction of sp³-hybridized carbons (Fsp3) is 0.588. The highest BCUT2D eigenvalue weighted by atomic mass is 16.5. The SMILES string of the molecule is COC1CCCCC1Nc1cccc(N2CCCC2=O)c1. The van der Waals surface area contributed by atoms with Crippen molar-refractivity contribution < 1.29 is 9.53 Å². The number of nitrogens with zero attached hydrogens (tertiary/aromatic N) is 1. The Morgan fingerprint density at radius 3 is 2.86 bits per heavy atom. The number of amides is 1. The van der Waals surface area contributed by atoms with Gasteiger partial charge in [0, 0.05) is 31.5 Å². The molecule has 4 nitrogen and oxygen atoms in total. The van der Waals surface area contributed by atoms with E-state index in [9.17, 15) is 4.79 Å². The van der Waals surface area contributed by atoms with Crippen LogP contribution in [-0.2, 0) is 9.53 Å². The van der Waals surface area contributed by atoms with Gasteiger partial charge in [0.2, 0.25) is 5.91 Å². The highest BCUT2D eigenvalue weighted by Crippen LogP contribution is 2.27. The lowest BCUT2D eigenvalue weighted by atomic mass is 9.92. The molecule has 114 valence electrons. The Kier molecular flexibility index (Phi) is 4.44. The molecular formula is C17H24N2O2. The second kappa shape index (κ2) is 6.48. The second-order valence-corrected chi connectivity index (χ2v) is 6.01. The first-order chi connectivity index (χ1) is 10.3. The molecule has 1 aromatic rings. The number of hydrogen-bond donors (Lipinski definition) is 1. The zero-order valence-electron chi connectivity index (χ0n) is 12.7. The van der Waals surface area contributed by atoms with Crippen molar-refractivity contribution in [2.75, 3.05) is 23.9 Å². The predicted octanol–water partition coefficient (Wildman–Crippen LogP) is 3.18. The molecule has 1 heterocycles. The molecule has 2 unspecified atom stereocenters. The van der Waals surface area contributed by atoms with Crippen molar-refractivity contribution in [1.29, 1.82) is 0 Å². The summed E-state index contributed by atoms with van der Waals surface area (Å²) in [5.41, 5.74) is 2.09.